The van der Waals surface area contributed by atoms with Crippen LogP contribution in [0.2, 0.25) is 0 Å². The van der Waals surface area contributed by atoms with Gasteiger partial charge in [0.25, 0.3) is 5.91 Å². The maximum atomic E-state index is 13.3. The molecule has 0 radical (unpaired) electrons. The van der Waals surface area contributed by atoms with Crippen molar-refractivity contribution in [3.63, 3.8) is 0 Å². The first kappa shape index (κ1) is 12.2. The third-order valence-corrected chi connectivity index (χ3v) is 2.43. The number of anilines is 1. The van der Waals surface area contributed by atoms with Gasteiger partial charge >= 0.3 is 0 Å². The van der Waals surface area contributed by atoms with Crippen molar-refractivity contribution in [1.29, 1.82) is 0 Å². The smallest absolute Gasteiger partial charge is 0.260 e. The molecule has 0 fully saturated rings. The maximum absolute atomic E-state index is 13.3. The molecule has 2 aromatic heterocycles. The van der Waals surface area contributed by atoms with Crippen molar-refractivity contribution in [2.24, 2.45) is 0 Å². The summed E-state index contributed by atoms with van der Waals surface area (Å²) in [6, 6.07) is 1.11. The molecule has 0 aromatic carbocycles. The fourth-order valence-corrected chi connectivity index (χ4v) is 1.46. The Kier molecular flexibility index (Phi) is 3.31. The van der Waals surface area contributed by atoms with Crippen LogP contribution in [0.5, 0.6) is 0 Å². The van der Waals surface area contributed by atoms with Crippen molar-refractivity contribution in [2.75, 3.05) is 5.32 Å². The number of H-pyrrole nitrogens is 1. The lowest BCUT2D eigenvalue weighted by Gasteiger charge is -2.05. The number of nitrogens with one attached hydrogen (secondary N) is 2. The van der Waals surface area contributed by atoms with Crippen LogP contribution in [0.1, 0.15) is 22.8 Å². The van der Waals surface area contributed by atoms with Crippen molar-refractivity contribution < 1.29 is 13.6 Å². The molecule has 0 aliphatic heterocycles. The lowest BCUT2D eigenvalue weighted by molar-refractivity contribution is 0.102. The van der Waals surface area contributed by atoms with Gasteiger partial charge in [0.15, 0.2) is 5.82 Å². The minimum atomic E-state index is -1.30. The molecule has 0 atom stereocenters. The molecule has 0 spiro atoms. The molecular formula is C11H10F2N4O. The molecule has 18 heavy (non-hydrogen) atoms. The number of aryl methyl sites for hydroxylation is 1. The molecule has 0 unspecified atom stereocenters. The highest BCUT2D eigenvalue weighted by molar-refractivity contribution is 6.04. The van der Waals surface area contributed by atoms with Crippen molar-refractivity contribution in [2.45, 2.75) is 13.3 Å². The van der Waals surface area contributed by atoms with Crippen LogP contribution < -0.4 is 5.32 Å². The van der Waals surface area contributed by atoms with E-state index in [2.05, 4.69) is 20.5 Å². The Bertz CT molecular complexity index is 582. The number of pyridine rings is 1. The van der Waals surface area contributed by atoms with Crippen molar-refractivity contribution in [1.82, 2.24) is 15.2 Å². The molecule has 1 amide bonds. The van der Waals surface area contributed by atoms with Crippen LogP contribution in [-0.2, 0) is 6.42 Å². The highest BCUT2D eigenvalue weighted by Crippen LogP contribution is 2.15. The van der Waals surface area contributed by atoms with Gasteiger partial charge in [0.2, 0.25) is 5.95 Å². The molecule has 2 rings (SSSR count). The minimum Gasteiger partial charge on any atom is -0.307 e. The zero-order chi connectivity index (χ0) is 13.1. The number of aromatic amines is 1. The van der Waals surface area contributed by atoms with Gasteiger partial charge in [-0.25, -0.2) is 9.37 Å². The number of halogens is 2. The van der Waals surface area contributed by atoms with Gasteiger partial charge in [0, 0.05) is 11.8 Å². The van der Waals surface area contributed by atoms with Crippen molar-refractivity contribution in [3.05, 3.63) is 41.4 Å². The molecule has 0 saturated heterocycles. The van der Waals surface area contributed by atoms with Gasteiger partial charge in [-0.15, -0.1) is 0 Å². The Labute approximate surface area is 101 Å². The molecule has 2 heterocycles. The predicted octanol–water partition coefficient (Wildman–Crippen LogP) is 1.90. The quantitative estimate of drug-likeness (QED) is 0.819. The molecule has 0 aliphatic rings. The SMILES string of the molecule is CCc1cn[nH]c1NC(=O)c1ccnc(F)c1F. The zero-order valence-corrected chi connectivity index (χ0v) is 9.50. The first-order chi connectivity index (χ1) is 8.63. The number of nitrogens with zero attached hydrogens (tertiary/aromatic N) is 2. The number of amides is 1. The molecule has 0 bridgehead atoms. The highest BCUT2D eigenvalue weighted by atomic mass is 19.2. The largest absolute Gasteiger partial charge is 0.307 e. The number of carbonyl (C=O) groups is 1. The van der Waals surface area contributed by atoms with Gasteiger partial charge in [0.1, 0.15) is 5.82 Å². The fourth-order valence-electron chi connectivity index (χ4n) is 1.46. The van der Waals surface area contributed by atoms with Gasteiger partial charge in [-0.05, 0) is 12.5 Å². The van der Waals surface area contributed by atoms with Crippen LogP contribution in [-0.4, -0.2) is 21.1 Å². The van der Waals surface area contributed by atoms with E-state index in [1.165, 1.54) is 0 Å². The van der Waals surface area contributed by atoms with Gasteiger partial charge in [-0.3, -0.25) is 9.89 Å². The monoisotopic (exact) mass is 252 g/mol. The van der Waals surface area contributed by atoms with Crippen LogP contribution in [0.4, 0.5) is 14.6 Å². The number of hydrogen-bond donors (Lipinski definition) is 2. The van der Waals surface area contributed by atoms with E-state index >= 15 is 0 Å². The molecular weight excluding hydrogens is 242 g/mol. The molecule has 0 saturated carbocycles. The average molecular weight is 252 g/mol. The van der Waals surface area contributed by atoms with Crippen LogP contribution in [0.25, 0.3) is 0 Å². The molecule has 94 valence electrons. The summed E-state index contributed by atoms with van der Waals surface area (Å²) in [5.74, 6) is -2.96. The number of rotatable bonds is 3. The van der Waals surface area contributed by atoms with E-state index in [1.807, 2.05) is 6.92 Å². The van der Waals surface area contributed by atoms with Crippen molar-refractivity contribution in [3.8, 4) is 0 Å². The van der Waals surface area contributed by atoms with Gasteiger partial charge in [0.05, 0.1) is 11.8 Å². The fraction of sp³-hybridized carbons (Fsp3) is 0.182. The summed E-state index contributed by atoms with van der Waals surface area (Å²) >= 11 is 0. The van der Waals surface area contributed by atoms with E-state index in [0.717, 1.165) is 17.8 Å². The highest BCUT2D eigenvalue weighted by Gasteiger charge is 2.17. The van der Waals surface area contributed by atoms with Gasteiger partial charge in [-0.1, -0.05) is 6.92 Å². The standard InChI is InChI=1S/C11H10F2N4O/c1-2-6-5-15-17-10(6)16-11(18)7-3-4-14-9(13)8(7)12/h3-5H,2H2,1H3,(H2,15,16,17,18). The molecule has 5 nitrogen and oxygen atoms in total. The number of hydrogen-bond acceptors (Lipinski definition) is 3. The predicted molar refractivity (Wildman–Crippen MR) is 60.1 cm³/mol. The summed E-state index contributed by atoms with van der Waals surface area (Å²) in [5, 5.41) is 8.77. The third kappa shape index (κ3) is 2.20. The second-order valence-electron chi connectivity index (χ2n) is 3.54. The summed E-state index contributed by atoms with van der Waals surface area (Å²) in [7, 11) is 0. The van der Waals surface area contributed by atoms with Crippen LogP contribution in [0, 0.1) is 11.8 Å². The second-order valence-corrected chi connectivity index (χ2v) is 3.54. The van der Waals surface area contributed by atoms with Crippen LogP contribution in [0.15, 0.2) is 18.5 Å². The summed E-state index contributed by atoms with van der Waals surface area (Å²) in [4.78, 5) is 14.9. The van der Waals surface area contributed by atoms with E-state index < -0.39 is 23.2 Å². The Morgan fingerprint density at radius 2 is 2.28 bits per heavy atom. The second kappa shape index (κ2) is 4.91. The Morgan fingerprint density at radius 3 is 3.00 bits per heavy atom. The first-order valence-corrected chi connectivity index (χ1v) is 5.27. The van der Waals surface area contributed by atoms with E-state index in [9.17, 15) is 13.6 Å². The normalized spacial score (nSPS) is 10.4. The topological polar surface area (TPSA) is 70.7 Å². The Hall–Kier alpha value is -2.31. The Balaban J connectivity index is 2.25. The lowest BCUT2D eigenvalue weighted by Crippen LogP contribution is -2.16. The lowest BCUT2D eigenvalue weighted by atomic mass is 10.2. The summed E-state index contributed by atoms with van der Waals surface area (Å²) in [6.45, 7) is 1.88. The van der Waals surface area contributed by atoms with Gasteiger partial charge < -0.3 is 5.32 Å². The third-order valence-electron chi connectivity index (χ3n) is 2.43. The van der Waals surface area contributed by atoms with E-state index in [-0.39, 0.29) is 0 Å². The summed E-state index contributed by atoms with van der Waals surface area (Å²) in [5.41, 5.74) is 0.373. The minimum absolute atomic E-state index is 0.374. The maximum Gasteiger partial charge on any atom is 0.260 e. The molecule has 2 aromatic rings. The zero-order valence-electron chi connectivity index (χ0n) is 9.50. The van der Waals surface area contributed by atoms with E-state index in [4.69, 9.17) is 0 Å². The summed E-state index contributed by atoms with van der Waals surface area (Å²) in [6.07, 6.45) is 3.24. The number of aromatic nitrogens is 3. The van der Waals surface area contributed by atoms with Crippen molar-refractivity contribution >= 4 is 11.7 Å². The number of carbonyl (C=O) groups excluding carboxylic acids is 1. The molecule has 0 aliphatic carbocycles. The Morgan fingerprint density at radius 1 is 1.50 bits per heavy atom. The summed E-state index contributed by atoms with van der Waals surface area (Å²) < 4.78 is 26.2. The van der Waals surface area contributed by atoms with Gasteiger partial charge in [-0.2, -0.15) is 9.49 Å². The van der Waals surface area contributed by atoms with E-state index in [0.29, 0.717) is 12.2 Å². The molecule has 2 N–H and O–H groups in total. The van der Waals surface area contributed by atoms with Crippen LogP contribution >= 0.6 is 0 Å². The van der Waals surface area contributed by atoms with E-state index in [1.54, 1.807) is 6.20 Å². The first-order valence-electron chi connectivity index (χ1n) is 5.27. The van der Waals surface area contributed by atoms with Crippen LogP contribution in [0.3, 0.4) is 0 Å². The average Bonchev–Trinajstić information content (AvgIpc) is 2.79. The molecule has 7 heteroatoms.